The number of anilines is 3. The lowest BCUT2D eigenvalue weighted by Crippen LogP contribution is -2.17. The van der Waals surface area contributed by atoms with Gasteiger partial charge in [0.2, 0.25) is 5.95 Å². The van der Waals surface area contributed by atoms with Gasteiger partial charge >= 0.3 is 0 Å². The van der Waals surface area contributed by atoms with E-state index in [-0.39, 0.29) is 16.2 Å². The van der Waals surface area contributed by atoms with Gasteiger partial charge in [-0.2, -0.15) is 9.97 Å². The van der Waals surface area contributed by atoms with Gasteiger partial charge in [-0.25, -0.2) is 4.98 Å². The van der Waals surface area contributed by atoms with Crippen LogP contribution < -0.4 is 4.90 Å². The Morgan fingerprint density at radius 1 is 0.328 bits per heavy atom. The summed E-state index contributed by atoms with van der Waals surface area (Å²) in [5, 5.41) is 0. The summed E-state index contributed by atoms with van der Waals surface area (Å²) in [4.78, 5) is 18.3. The molecule has 4 heteroatoms. The second kappa shape index (κ2) is 12.2. The molecule has 0 bridgehead atoms. The minimum atomic E-state index is -0.161. The van der Waals surface area contributed by atoms with Crippen LogP contribution in [-0.4, -0.2) is 15.0 Å². The predicted molar refractivity (Wildman–Crippen MR) is 238 cm³/mol. The molecule has 7 aromatic carbocycles. The van der Waals surface area contributed by atoms with E-state index in [1.165, 1.54) is 66.8 Å². The Bertz CT molecular complexity index is 2990. The molecule has 0 spiro atoms. The van der Waals surface area contributed by atoms with Crippen molar-refractivity contribution in [1.29, 1.82) is 0 Å². The highest BCUT2D eigenvalue weighted by atomic mass is 15.3. The summed E-state index contributed by atoms with van der Waals surface area (Å²) >= 11 is 0. The second-order valence-electron chi connectivity index (χ2n) is 17.7. The normalized spacial score (nSPS) is 15.5. The van der Waals surface area contributed by atoms with Gasteiger partial charge in [-0.15, -0.1) is 0 Å². The SMILES string of the molecule is CC1(C)c2ccccc2-c2cc(-c3nc(-c4ccc5c(c4)C(C)(C)c4ccccc4-5)nc(N(c4ccccc4)c4ccc5c(c4)-c4ccccc4C5(C)C)n3)ccc21. The molecule has 0 unspecified atom stereocenters. The molecule has 4 nitrogen and oxygen atoms in total. The third-order valence-corrected chi connectivity index (χ3v) is 13.3. The maximum absolute atomic E-state index is 5.41. The molecule has 1 heterocycles. The monoisotopic (exact) mass is 748 g/mol. The zero-order valence-corrected chi connectivity index (χ0v) is 33.8. The van der Waals surface area contributed by atoms with Crippen LogP contribution in [0.2, 0.25) is 0 Å². The molecule has 3 aliphatic rings. The van der Waals surface area contributed by atoms with E-state index in [9.17, 15) is 0 Å². The average Bonchev–Trinajstić information content (AvgIpc) is 3.73. The van der Waals surface area contributed by atoms with Crippen molar-refractivity contribution < 1.29 is 0 Å². The van der Waals surface area contributed by atoms with E-state index in [4.69, 9.17) is 15.0 Å². The summed E-state index contributed by atoms with van der Waals surface area (Å²) in [6, 6.07) is 57.2. The standard InChI is InChI=1S/C54H44N4/c1-52(2)44-22-14-11-19-38(44)41-30-33(25-28-46(41)52)49-55-50(34-24-27-40-37-18-10-13-21-43(37)54(5,6)48(40)31-34)57-51(56-49)58(35-16-8-7-9-17-35)36-26-29-47-42(32-36)39-20-12-15-23-45(39)53(47,3)4/h7-32H,1-6H3. The molecule has 11 rings (SSSR count). The summed E-state index contributed by atoms with van der Waals surface area (Å²) in [5.41, 5.74) is 19.1. The summed E-state index contributed by atoms with van der Waals surface area (Å²) in [7, 11) is 0. The Hall–Kier alpha value is -6.65. The first-order valence-corrected chi connectivity index (χ1v) is 20.4. The van der Waals surface area contributed by atoms with Crippen LogP contribution in [0, 0.1) is 0 Å². The number of nitrogens with zero attached hydrogens (tertiary/aromatic N) is 4. The maximum atomic E-state index is 5.41. The minimum absolute atomic E-state index is 0.0977. The second-order valence-corrected chi connectivity index (χ2v) is 17.7. The third kappa shape index (κ3) is 4.91. The Morgan fingerprint density at radius 2 is 0.759 bits per heavy atom. The largest absolute Gasteiger partial charge is 0.279 e. The summed E-state index contributed by atoms with van der Waals surface area (Å²) in [6.45, 7) is 13.9. The molecule has 0 N–H and O–H groups in total. The van der Waals surface area contributed by atoms with Gasteiger partial charge in [-0.1, -0.05) is 163 Å². The smallest absolute Gasteiger partial charge is 0.238 e. The molecule has 280 valence electrons. The number of hydrogen-bond acceptors (Lipinski definition) is 4. The molecule has 0 saturated heterocycles. The molecule has 3 aliphatic carbocycles. The van der Waals surface area contributed by atoms with Crippen molar-refractivity contribution in [3.05, 3.63) is 191 Å². The van der Waals surface area contributed by atoms with Crippen molar-refractivity contribution in [1.82, 2.24) is 15.0 Å². The maximum Gasteiger partial charge on any atom is 0.238 e. The van der Waals surface area contributed by atoms with Crippen LogP contribution in [0.3, 0.4) is 0 Å². The lowest BCUT2D eigenvalue weighted by atomic mass is 9.82. The molecule has 0 amide bonds. The lowest BCUT2D eigenvalue weighted by molar-refractivity contribution is 0.660. The highest BCUT2D eigenvalue weighted by Crippen LogP contribution is 2.53. The van der Waals surface area contributed by atoms with E-state index >= 15 is 0 Å². The van der Waals surface area contributed by atoms with Crippen LogP contribution in [0.4, 0.5) is 17.3 Å². The van der Waals surface area contributed by atoms with Crippen molar-refractivity contribution in [2.45, 2.75) is 57.8 Å². The van der Waals surface area contributed by atoms with Crippen molar-refractivity contribution >= 4 is 17.3 Å². The zero-order valence-electron chi connectivity index (χ0n) is 33.8. The van der Waals surface area contributed by atoms with Crippen molar-refractivity contribution in [2.75, 3.05) is 4.90 Å². The molecule has 58 heavy (non-hydrogen) atoms. The van der Waals surface area contributed by atoms with Crippen molar-refractivity contribution in [3.8, 4) is 56.2 Å². The summed E-state index contributed by atoms with van der Waals surface area (Å²) in [5.74, 6) is 1.85. The first-order chi connectivity index (χ1) is 28.0. The molecule has 0 fully saturated rings. The fourth-order valence-corrected chi connectivity index (χ4v) is 10.2. The molecule has 0 radical (unpaired) electrons. The Labute approximate surface area is 341 Å². The predicted octanol–water partition coefficient (Wildman–Crippen LogP) is 13.6. The number of aromatic nitrogens is 3. The van der Waals surface area contributed by atoms with E-state index in [0.717, 1.165) is 22.5 Å². The molecular weight excluding hydrogens is 705 g/mol. The van der Waals surface area contributed by atoms with Gasteiger partial charge in [0.05, 0.1) is 0 Å². The number of fused-ring (bicyclic) bond motifs is 9. The molecule has 1 aromatic heterocycles. The molecule has 0 atom stereocenters. The first kappa shape index (κ1) is 34.6. The van der Waals surface area contributed by atoms with E-state index in [1.807, 2.05) is 0 Å². The van der Waals surface area contributed by atoms with Crippen LogP contribution >= 0.6 is 0 Å². The van der Waals surface area contributed by atoms with Gasteiger partial charge in [0, 0.05) is 38.7 Å². The highest BCUT2D eigenvalue weighted by molar-refractivity contribution is 5.88. The number of hydrogen-bond donors (Lipinski definition) is 0. The van der Waals surface area contributed by atoms with Gasteiger partial charge in [-0.3, -0.25) is 4.90 Å². The van der Waals surface area contributed by atoms with Gasteiger partial charge in [0.1, 0.15) is 0 Å². The van der Waals surface area contributed by atoms with Crippen LogP contribution in [0.25, 0.3) is 56.2 Å². The van der Waals surface area contributed by atoms with Crippen LogP contribution in [0.1, 0.15) is 74.9 Å². The van der Waals surface area contributed by atoms with Crippen LogP contribution in [0.5, 0.6) is 0 Å². The number of benzene rings is 7. The summed E-state index contributed by atoms with van der Waals surface area (Å²) < 4.78 is 0. The third-order valence-electron chi connectivity index (χ3n) is 13.3. The van der Waals surface area contributed by atoms with Crippen LogP contribution in [0.15, 0.2) is 158 Å². The lowest BCUT2D eigenvalue weighted by Gasteiger charge is -2.26. The Kier molecular flexibility index (Phi) is 7.26. The molecular formula is C54H44N4. The Balaban J connectivity index is 1.14. The van der Waals surface area contributed by atoms with Gasteiger partial charge in [0.15, 0.2) is 11.6 Å². The van der Waals surface area contributed by atoms with Gasteiger partial charge < -0.3 is 0 Å². The van der Waals surface area contributed by atoms with Gasteiger partial charge in [-0.05, 0) is 103 Å². The molecule has 0 saturated carbocycles. The zero-order chi connectivity index (χ0) is 39.6. The van der Waals surface area contributed by atoms with E-state index < -0.39 is 0 Å². The van der Waals surface area contributed by atoms with Gasteiger partial charge in [0.25, 0.3) is 0 Å². The van der Waals surface area contributed by atoms with E-state index in [2.05, 4.69) is 204 Å². The summed E-state index contributed by atoms with van der Waals surface area (Å²) in [6.07, 6.45) is 0. The first-order valence-electron chi connectivity index (χ1n) is 20.4. The minimum Gasteiger partial charge on any atom is -0.279 e. The average molecular weight is 749 g/mol. The number of rotatable bonds is 5. The van der Waals surface area contributed by atoms with Crippen LogP contribution in [-0.2, 0) is 16.2 Å². The van der Waals surface area contributed by atoms with E-state index in [0.29, 0.717) is 17.6 Å². The quantitative estimate of drug-likeness (QED) is 0.176. The fraction of sp³-hybridized carbons (Fsp3) is 0.167. The molecule has 8 aromatic rings. The molecule has 0 aliphatic heterocycles. The van der Waals surface area contributed by atoms with E-state index in [1.54, 1.807) is 0 Å². The Morgan fingerprint density at radius 3 is 1.36 bits per heavy atom. The fourth-order valence-electron chi connectivity index (χ4n) is 10.2. The van der Waals surface area contributed by atoms with Crippen molar-refractivity contribution in [3.63, 3.8) is 0 Å². The van der Waals surface area contributed by atoms with Crippen molar-refractivity contribution in [2.24, 2.45) is 0 Å². The number of para-hydroxylation sites is 1. The topological polar surface area (TPSA) is 41.9 Å². The highest BCUT2D eigenvalue weighted by Gasteiger charge is 2.38.